The van der Waals surface area contributed by atoms with Crippen molar-refractivity contribution in [1.29, 1.82) is 0 Å². The molecule has 10 heteroatoms. The molecule has 9 nitrogen and oxygen atoms in total. The van der Waals surface area contributed by atoms with E-state index in [4.69, 9.17) is 9.72 Å². The molecule has 1 aromatic carbocycles. The lowest BCUT2D eigenvalue weighted by Gasteiger charge is -2.34. The minimum atomic E-state index is -2.94. The summed E-state index contributed by atoms with van der Waals surface area (Å²) in [7, 11) is -2.94. The van der Waals surface area contributed by atoms with Gasteiger partial charge in [-0.2, -0.15) is 0 Å². The van der Waals surface area contributed by atoms with E-state index < -0.39 is 15.4 Å². The number of pyridine rings is 1. The Hall–Kier alpha value is -3.53. The second-order valence-electron chi connectivity index (χ2n) is 10.2. The van der Waals surface area contributed by atoms with Gasteiger partial charge in [-0.05, 0) is 63.3 Å². The van der Waals surface area contributed by atoms with Crippen molar-refractivity contribution in [2.24, 2.45) is 0 Å². The zero-order chi connectivity index (χ0) is 26.2. The first-order valence-corrected chi connectivity index (χ1v) is 14.6. The molecule has 37 heavy (non-hydrogen) atoms. The zero-order valence-electron chi connectivity index (χ0n) is 21.3. The highest BCUT2D eigenvalue weighted by Crippen LogP contribution is 2.46. The third-order valence-electron chi connectivity index (χ3n) is 6.65. The molecule has 194 valence electrons. The van der Waals surface area contributed by atoms with Crippen LogP contribution in [0.1, 0.15) is 50.8 Å². The summed E-state index contributed by atoms with van der Waals surface area (Å²) in [6.45, 7) is 4.67. The van der Waals surface area contributed by atoms with Gasteiger partial charge >= 0.3 is 0 Å². The van der Waals surface area contributed by atoms with Crippen LogP contribution >= 0.6 is 0 Å². The molecule has 1 N–H and O–H groups in total. The molecule has 4 heterocycles. The predicted octanol–water partition coefficient (Wildman–Crippen LogP) is 4.40. The van der Waals surface area contributed by atoms with Crippen LogP contribution in [0.2, 0.25) is 0 Å². The number of aryl methyl sites for hydroxylation is 1. The maximum Gasteiger partial charge on any atom is 0.227 e. The zero-order valence-corrected chi connectivity index (χ0v) is 22.1. The number of carbonyl (C=O) groups is 1. The van der Waals surface area contributed by atoms with Gasteiger partial charge in [0.25, 0.3) is 0 Å². The summed E-state index contributed by atoms with van der Waals surface area (Å²) in [6, 6.07) is 7.83. The van der Waals surface area contributed by atoms with Gasteiger partial charge in [0.1, 0.15) is 21.2 Å². The van der Waals surface area contributed by atoms with E-state index in [1.807, 2.05) is 43.0 Å². The SMILES string of the molecule is CC1(C)Oc2cc(N3CCCC3=O)ccc2-c2cnc(Nc3cncc(CCCCS(C)(=O)=O)c3)nc21. The van der Waals surface area contributed by atoms with E-state index in [0.717, 1.165) is 59.6 Å². The Morgan fingerprint density at radius 1 is 1.11 bits per heavy atom. The van der Waals surface area contributed by atoms with E-state index in [-0.39, 0.29) is 11.7 Å². The Balaban J connectivity index is 1.35. The van der Waals surface area contributed by atoms with Gasteiger partial charge in [0, 0.05) is 60.2 Å². The predicted molar refractivity (Wildman–Crippen MR) is 143 cm³/mol. The van der Waals surface area contributed by atoms with Crippen LogP contribution in [-0.2, 0) is 26.7 Å². The molecule has 3 aromatic rings. The average molecular weight is 522 g/mol. The molecule has 0 bridgehead atoms. The number of nitrogens with one attached hydrogen (secondary N) is 1. The van der Waals surface area contributed by atoms with Crippen LogP contribution in [0.3, 0.4) is 0 Å². The lowest BCUT2D eigenvalue weighted by atomic mass is 9.91. The van der Waals surface area contributed by atoms with Crippen molar-refractivity contribution in [3.8, 4) is 16.9 Å². The third kappa shape index (κ3) is 5.58. The Kier molecular flexibility index (Phi) is 6.61. The number of nitrogens with zero attached hydrogens (tertiary/aromatic N) is 4. The average Bonchev–Trinajstić information content (AvgIpc) is 3.27. The molecular formula is C27H31N5O4S. The highest BCUT2D eigenvalue weighted by atomic mass is 32.2. The smallest absolute Gasteiger partial charge is 0.227 e. The van der Waals surface area contributed by atoms with E-state index in [9.17, 15) is 13.2 Å². The minimum Gasteiger partial charge on any atom is -0.481 e. The Labute approximate surface area is 217 Å². The Morgan fingerprint density at radius 2 is 1.95 bits per heavy atom. The lowest BCUT2D eigenvalue weighted by Crippen LogP contribution is -2.31. The maximum atomic E-state index is 12.2. The van der Waals surface area contributed by atoms with E-state index in [0.29, 0.717) is 24.5 Å². The number of unbranched alkanes of at least 4 members (excludes halogenated alkanes) is 1. The van der Waals surface area contributed by atoms with Gasteiger partial charge in [-0.15, -0.1) is 0 Å². The van der Waals surface area contributed by atoms with Crippen LogP contribution in [-0.4, -0.2) is 47.8 Å². The standard InChI is InChI=1S/C27H31N5O4S/c1-27(2)25-22(21-10-9-20(14-23(21)36-27)32-11-6-8-24(32)33)17-29-26(31-25)30-19-13-18(15-28-16-19)7-4-5-12-37(3,34)35/h9-10,13-17H,4-8,11-12H2,1-3H3,(H,29,30,31). The molecule has 2 aliphatic heterocycles. The molecule has 1 saturated heterocycles. The van der Waals surface area contributed by atoms with Crippen molar-refractivity contribution in [3.05, 3.63) is 54.1 Å². The van der Waals surface area contributed by atoms with Crippen molar-refractivity contribution >= 4 is 33.1 Å². The largest absolute Gasteiger partial charge is 0.481 e. The summed E-state index contributed by atoms with van der Waals surface area (Å²) >= 11 is 0. The molecule has 5 rings (SSSR count). The summed E-state index contributed by atoms with van der Waals surface area (Å²) in [4.78, 5) is 27.7. The fourth-order valence-corrected chi connectivity index (χ4v) is 5.57. The number of ether oxygens (including phenoxy) is 1. The van der Waals surface area contributed by atoms with Gasteiger partial charge in [-0.3, -0.25) is 9.78 Å². The number of carbonyl (C=O) groups excluding carboxylic acids is 1. The summed E-state index contributed by atoms with van der Waals surface area (Å²) in [5, 5.41) is 3.24. The van der Waals surface area contributed by atoms with Crippen LogP contribution in [0.5, 0.6) is 5.75 Å². The number of amides is 1. The van der Waals surface area contributed by atoms with Crippen molar-refractivity contribution in [2.75, 3.05) is 28.8 Å². The fraction of sp³-hybridized carbons (Fsp3) is 0.407. The Morgan fingerprint density at radius 3 is 2.70 bits per heavy atom. The number of aromatic nitrogens is 3. The van der Waals surface area contributed by atoms with E-state index in [2.05, 4.69) is 15.3 Å². The Bertz CT molecular complexity index is 1450. The maximum absolute atomic E-state index is 12.2. The highest BCUT2D eigenvalue weighted by Gasteiger charge is 2.35. The van der Waals surface area contributed by atoms with E-state index >= 15 is 0 Å². The van der Waals surface area contributed by atoms with Crippen molar-refractivity contribution in [2.45, 2.75) is 51.6 Å². The molecule has 0 unspecified atom stereocenters. The lowest BCUT2D eigenvalue weighted by molar-refractivity contribution is -0.117. The molecule has 2 aromatic heterocycles. The summed E-state index contributed by atoms with van der Waals surface area (Å²) < 4.78 is 29.0. The second kappa shape index (κ2) is 9.74. The number of anilines is 3. The van der Waals surface area contributed by atoms with Crippen LogP contribution in [0.15, 0.2) is 42.9 Å². The third-order valence-corrected chi connectivity index (χ3v) is 7.68. The van der Waals surface area contributed by atoms with Gasteiger partial charge in [-0.1, -0.05) is 0 Å². The van der Waals surface area contributed by atoms with Crippen LogP contribution < -0.4 is 15.0 Å². The summed E-state index contributed by atoms with van der Waals surface area (Å²) in [5.74, 6) is 1.49. The van der Waals surface area contributed by atoms with E-state index in [1.165, 1.54) is 6.26 Å². The van der Waals surface area contributed by atoms with Gasteiger partial charge in [0.15, 0.2) is 0 Å². The monoisotopic (exact) mass is 521 g/mol. The van der Waals surface area contributed by atoms with Gasteiger partial charge < -0.3 is 15.0 Å². The topological polar surface area (TPSA) is 114 Å². The summed E-state index contributed by atoms with van der Waals surface area (Å²) in [6.07, 6.45) is 10.1. The number of sulfone groups is 1. The van der Waals surface area contributed by atoms with Gasteiger partial charge in [0.2, 0.25) is 11.9 Å². The van der Waals surface area contributed by atoms with Crippen LogP contribution in [0.25, 0.3) is 11.1 Å². The number of hydrogen-bond acceptors (Lipinski definition) is 8. The molecule has 0 atom stereocenters. The fourth-order valence-electron chi connectivity index (χ4n) is 4.84. The normalized spacial score (nSPS) is 16.2. The van der Waals surface area contributed by atoms with Crippen LogP contribution in [0, 0.1) is 0 Å². The van der Waals surface area contributed by atoms with Crippen molar-refractivity contribution in [1.82, 2.24) is 15.0 Å². The van der Waals surface area contributed by atoms with Gasteiger partial charge in [0.05, 0.1) is 17.6 Å². The number of hydrogen-bond donors (Lipinski definition) is 1. The first kappa shape index (κ1) is 25.1. The first-order valence-electron chi connectivity index (χ1n) is 12.5. The molecule has 1 fully saturated rings. The van der Waals surface area contributed by atoms with Crippen molar-refractivity contribution in [3.63, 3.8) is 0 Å². The molecule has 2 aliphatic rings. The molecular weight excluding hydrogens is 490 g/mol. The minimum absolute atomic E-state index is 0.141. The molecule has 0 saturated carbocycles. The quantitative estimate of drug-likeness (QED) is 0.434. The number of fused-ring (bicyclic) bond motifs is 3. The molecule has 0 radical (unpaired) electrons. The van der Waals surface area contributed by atoms with Crippen molar-refractivity contribution < 1.29 is 17.9 Å². The van der Waals surface area contributed by atoms with Crippen LogP contribution in [0.4, 0.5) is 17.3 Å². The number of benzene rings is 1. The molecule has 1 amide bonds. The molecule has 0 aliphatic carbocycles. The number of rotatable bonds is 8. The second-order valence-corrected chi connectivity index (χ2v) is 12.5. The van der Waals surface area contributed by atoms with E-state index in [1.54, 1.807) is 18.6 Å². The van der Waals surface area contributed by atoms with Gasteiger partial charge in [-0.25, -0.2) is 18.4 Å². The highest BCUT2D eigenvalue weighted by molar-refractivity contribution is 7.90. The molecule has 0 spiro atoms. The summed E-state index contributed by atoms with van der Waals surface area (Å²) in [5.41, 5.74) is 4.49. The first-order chi connectivity index (χ1) is 17.6.